The van der Waals surface area contributed by atoms with Crippen LogP contribution in [-0.4, -0.2) is 6.01 Å². The molecule has 8 rings (SSSR count). The van der Waals surface area contributed by atoms with Gasteiger partial charge in [0.2, 0.25) is 0 Å². The number of hydrogen-bond donors (Lipinski definition) is 0. The van der Waals surface area contributed by atoms with E-state index in [2.05, 4.69) is 235 Å². The minimum atomic E-state index is -0.446. The van der Waals surface area contributed by atoms with Crippen LogP contribution in [0.4, 0.5) is 11.4 Å². The molecule has 0 radical (unpaired) electrons. The molecule has 0 aromatic heterocycles. The summed E-state index contributed by atoms with van der Waals surface area (Å²) in [6.45, 7) is 4.06. The number of rotatable bonds is 8. The van der Waals surface area contributed by atoms with Crippen molar-refractivity contribution in [1.82, 2.24) is 0 Å². The topological polar surface area (TPSA) is 24.7 Å². The Morgan fingerprint density at radius 1 is 0.386 bits per heavy atom. The molecule has 6 heteroatoms. The van der Waals surface area contributed by atoms with Crippen LogP contribution in [0.1, 0.15) is 11.1 Å². The summed E-state index contributed by atoms with van der Waals surface area (Å²) in [5.74, 6) is 0. The third kappa shape index (κ3) is 14.2. The maximum Gasteiger partial charge on any atom is -0.0134 e. The van der Waals surface area contributed by atoms with Crippen molar-refractivity contribution >= 4 is 78.5 Å². The third-order valence-corrected chi connectivity index (χ3v) is 13.3. The SMILES string of the molecule is Cc1c[c-]c(N=C=Nc2ccc(C)cc2)cc1.[Br][Pd+].c1ccc(P(c2ccccc2)c2ccccc2)cc1.c1ccc(P(c2ccccc2)c2ccccc2)cc1. The Hall–Kier alpha value is -4.86. The van der Waals surface area contributed by atoms with Crippen LogP contribution in [0.15, 0.2) is 234 Å². The molecule has 0 fully saturated rings. The smallest absolute Gasteiger partial charge is 0.0134 e. The second kappa shape index (κ2) is 24.7. The molecule has 0 spiro atoms. The van der Waals surface area contributed by atoms with Crippen molar-refractivity contribution in [2.45, 2.75) is 13.8 Å². The molecule has 0 unspecified atom stereocenters. The fourth-order valence-electron chi connectivity index (χ4n) is 5.68. The van der Waals surface area contributed by atoms with E-state index in [0.717, 1.165) is 11.4 Å². The van der Waals surface area contributed by atoms with Gasteiger partial charge in [0.1, 0.15) is 0 Å². The van der Waals surface area contributed by atoms with Crippen LogP contribution in [0.3, 0.4) is 0 Å². The second-order valence-electron chi connectivity index (χ2n) is 12.6. The Morgan fingerprint density at radius 3 is 0.965 bits per heavy atom. The molecular weight excluding hydrogens is 889 g/mol. The summed E-state index contributed by atoms with van der Waals surface area (Å²) in [6.07, 6.45) is 0. The molecule has 0 bridgehead atoms. The minimum absolute atomic E-state index is 0.446. The van der Waals surface area contributed by atoms with Crippen LogP contribution < -0.4 is 31.8 Å². The first-order chi connectivity index (χ1) is 28.1. The van der Waals surface area contributed by atoms with Gasteiger partial charge in [-0.3, -0.25) is 0 Å². The summed E-state index contributed by atoms with van der Waals surface area (Å²) in [5.41, 5.74) is 3.98. The van der Waals surface area contributed by atoms with Crippen LogP contribution in [0.5, 0.6) is 0 Å². The zero-order valence-corrected chi connectivity index (χ0v) is 36.8. The van der Waals surface area contributed by atoms with Crippen molar-refractivity contribution in [2.75, 3.05) is 0 Å². The summed E-state index contributed by atoms with van der Waals surface area (Å²) < 4.78 is 0. The quantitative estimate of drug-likeness (QED) is 0.0628. The largest absolute Gasteiger partial charge is 0.0622 e. The summed E-state index contributed by atoms with van der Waals surface area (Å²) >= 11 is 5.35. The number of benzene rings is 8. The molecule has 8 aromatic carbocycles. The number of nitrogens with zero attached hydrogens (tertiary/aromatic N) is 2. The van der Waals surface area contributed by atoms with E-state index in [1.807, 2.05) is 56.3 Å². The van der Waals surface area contributed by atoms with Gasteiger partial charge in [0, 0.05) is 0 Å². The molecule has 2 nitrogen and oxygen atoms in total. The molecule has 0 N–H and O–H groups in total. The summed E-state index contributed by atoms with van der Waals surface area (Å²) in [6, 6.07) is 84.1. The molecule has 0 atom stereocenters. The molecule has 284 valence electrons. The Bertz CT molecular complexity index is 1990. The normalized spacial score (nSPS) is 10.0. The van der Waals surface area contributed by atoms with Crippen molar-refractivity contribution < 1.29 is 17.2 Å². The molecule has 0 amide bonds. The van der Waals surface area contributed by atoms with Crippen LogP contribution in [0.2, 0.25) is 0 Å². The first-order valence-corrected chi connectivity index (χ1v) is 24.6. The summed E-state index contributed by atoms with van der Waals surface area (Å²) in [7, 11) is -0.892. The van der Waals surface area contributed by atoms with Gasteiger partial charge in [-0.05, 0) is 72.4 Å². The number of aliphatic imine (C=N–C) groups is 2. The molecule has 0 saturated carbocycles. The molecular formula is C51H43BrN2P2Pd. The fourth-order valence-corrected chi connectivity index (χ4v) is 10.3. The van der Waals surface area contributed by atoms with Crippen molar-refractivity contribution in [1.29, 1.82) is 0 Å². The molecule has 0 saturated heterocycles. The Morgan fingerprint density at radius 2 is 0.684 bits per heavy atom. The Balaban J connectivity index is 0.000000160. The van der Waals surface area contributed by atoms with E-state index in [0.29, 0.717) is 0 Å². The summed E-state index contributed by atoms with van der Waals surface area (Å²) in [5, 5.41) is 8.39. The van der Waals surface area contributed by atoms with Gasteiger partial charge in [-0.25, -0.2) is 4.99 Å². The van der Waals surface area contributed by atoms with Gasteiger partial charge in [-0.15, -0.1) is 6.07 Å². The fraction of sp³-hybridized carbons (Fsp3) is 0.0392. The van der Waals surface area contributed by atoms with E-state index in [4.69, 9.17) is 0 Å². The van der Waals surface area contributed by atoms with Gasteiger partial charge in [0.25, 0.3) is 0 Å². The van der Waals surface area contributed by atoms with Gasteiger partial charge in [0.05, 0.1) is 11.7 Å². The molecule has 0 aliphatic carbocycles. The van der Waals surface area contributed by atoms with E-state index in [1.54, 1.807) is 0 Å². The molecule has 0 aliphatic heterocycles. The number of hydrogen-bond acceptors (Lipinski definition) is 2. The van der Waals surface area contributed by atoms with Gasteiger partial charge < -0.3 is 0 Å². The average molecular weight is 932 g/mol. The van der Waals surface area contributed by atoms with Crippen LogP contribution in [0, 0.1) is 19.9 Å². The van der Waals surface area contributed by atoms with Crippen LogP contribution in [0.25, 0.3) is 0 Å². The van der Waals surface area contributed by atoms with Crippen molar-refractivity contribution in [3.8, 4) is 0 Å². The molecule has 57 heavy (non-hydrogen) atoms. The summed E-state index contributed by atoms with van der Waals surface area (Å²) in [4.78, 5) is 8.22. The predicted octanol–water partition coefficient (Wildman–Crippen LogP) is 12.0. The maximum atomic E-state index is 4.13. The minimum Gasteiger partial charge on any atom is -0.0622 e. The second-order valence-corrected chi connectivity index (χ2v) is 17.0. The van der Waals surface area contributed by atoms with Gasteiger partial charge in [-0.1, -0.05) is 207 Å². The van der Waals surface area contributed by atoms with E-state index in [9.17, 15) is 0 Å². The van der Waals surface area contributed by atoms with Gasteiger partial charge in [0.15, 0.2) is 0 Å². The number of halogens is 1. The first kappa shape index (κ1) is 43.3. The molecule has 8 aromatic rings. The standard InChI is InChI=1S/2C18H15P.C15H13N2.BrH.Pd/c2*1-4-10-16(11-5-1)19(17-12-6-2-7-13-17)18-14-8-3-9-15-18;1-12-3-7-14(8-4-12)16-11-17-15-9-5-13(2)6-10-15;;/h2*1-15H;3-9H,1-2H3;1H;/q;;-1;;+2/p-1. The molecule has 0 aliphatic rings. The first-order valence-electron chi connectivity index (χ1n) is 18.4. The van der Waals surface area contributed by atoms with Crippen LogP contribution in [-0.2, 0) is 17.2 Å². The van der Waals surface area contributed by atoms with E-state index in [1.165, 1.54) is 43.0 Å². The number of aryl methyl sites for hydroxylation is 2. The van der Waals surface area contributed by atoms with E-state index >= 15 is 0 Å². The average Bonchev–Trinajstić information content (AvgIpc) is 3.29. The predicted molar refractivity (Wildman–Crippen MR) is 250 cm³/mol. The molecule has 0 heterocycles. The van der Waals surface area contributed by atoms with E-state index < -0.39 is 15.8 Å². The Kier molecular flexibility index (Phi) is 18.8. The van der Waals surface area contributed by atoms with Gasteiger partial charge >= 0.3 is 30.6 Å². The van der Waals surface area contributed by atoms with Crippen molar-refractivity contribution in [3.63, 3.8) is 0 Å². The van der Waals surface area contributed by atoms with E-state index in [-0.39, 0.29) is 0 Å². The van der Waals surface area contributed by atoms with Crippen LogP contribution >= 0.6 is 29.3 Å². The van der Waals surface area contributed by atoms with Crippen molar-refractivity contribution in [2.24, 2.45) is 9.98 Å². The monoisotopic (exact) mass is 930 g/mol. The maximum absolute atomic E-state index is 4.13. The zero-order chi connectivity index (χ0) is 39.9. The van der Waals surface area contributed by atoms with Crippen molar-refractivity contribution in [3.05, 3.63) is 242 Å². The third-order valence-electron chi connectivity index (χ3n) is 8.42. The van der Waals surface area contributed by atoms with Gasteiger partial charge in [-0.2, -0.15) is 28.8 Å². The zero-order valence-electron chi connectivity index (χ0n) is 31.8. The Labute approximate surface area is 358 Å².